The first-order chi connectivity index (χ1) is 15.6. The van der Waals surface area contributed by atoms with Crippen molar-refractivity contribution in [3.05, 3.63) is 12.2 Å². The highest BCUT2D eigenvalue weighted by Crippen LogP contribution is 2.28. The van der Waals surface area contributed by atoms with Gasteiger partial charge >= 0.3 is 23.9 Å². The van der Waals surface area contributed by atoms with Crippen LogP contribution in [0, 0.1) is 0 Å². The van der Waals surface area contributed by atoms with E-state index in [0.717, 1.165) is 0 Å². The second-order valence-corrected chi connectivity index (χ2v) is 8.17. The van der Waals surface area contributed by atoms with Crippen molar-refractivity contribution in [2.75, 3.05) is 33.0 Å². The zero-order chi connectivity index (χ0) is 24.4. The molecule has 2 rings (SSSR count). The molecule has 0 N–H and O–H groups in total. The monoisotopic (exact) mass is 470 g/mol. The van der Waals surface area contributed by atoms with Gasteiger partial charge in [-0.3, -0.25) is 19.2 Å². The topological polar surface area (TPSA) is 147 Å². The summed E-state index contributed by atoms with van der Waals surface area (Å²) in [4.78, 5) is 59.8. The van der Waals surface area contributed by atoms with E-state index in [1.165, 1.54) is 13.8 Å². The Morgan fingerprint density at radius 1 is 0.848 bits per heavy atom. The average molecular weight is 470 g/mol. The Bertz CT molecular complexity index is 732. The van der Waals surface area contributed by atoms with Gasteiger partial charge in [0, 0.05) is 31.3 Å². The van der Waals surface area contributed by atoms with E-state index in [1.807, 2.05) is 0 Å². The second kappa shape index (κ2) is 12.4. The summed E-state index contributed by atoms with van der Waals surface area (Å²) in [5, 5.41) is 0. The molecule has 0 amide bonds. The van der Waals surface area contributed by atoms with E-state index < -0.39 is 48.3 Å². The van der Waals surface area contributed by atoms with Crippen molar-refractivity contribution in [3.63, 3.8) is 0 Å². The third kappa shape index (κ3) is 11.1. The fourth-order valence-electron chi connectivity index (χ4n) is 2.66. The number of hydrogen-bond donors (Lipinski definition) is 0. The summed E-state index contributed by atoms with van der Waals surface area (Å²) in [6, 6.07) is 0. The molecule has 0 aromatic rings. The molecule has 0 aromatic heterocycles. The normalized spacial score (nSPS) is 20.1. The SMILES string of the molecule is C=C(C)C(=O)OC(CCC(=O)OCC1CO1)(CCC(=O)OCC1CO1)COC(=O)CC(C)=O. The van der Waals surface area contributed by atoms with E-state index in [4.69, 9.17) is 28.4 Å². The van der Waals surface area contributed by atoms with Crippen molar-refractivity contribution in [2.24, 2.45) is 0 Å². The quantitative estimate of drug-likeness (QED) is 0.104. The summed E-state index contributed by atoms with van der Waals surface area (Å²) < 4.78 is 30.9. The molecule has 2 fully saturated rings. The van der Waals surface area contributed by atoms with Crippen molar-refractivity contribution >= 4 is 29.7 Å². The number of carbonyl (C=O) groups excluding carboxylic acids is 5. The summed E-state index contributed by atoms with van der Waals surface area (Å²) in [6.45, 7) is 7.01. The minimum Gasteiger partial charge on any atom is -0.463 e. The van der Waals surface area contributed by atoms with Crippen molar-refractivity contribution in [1.82, 2.24) is 0 Å². The molecule has 2 heterocycles. The molecule has 0 aliphatic carbocycles. The van der Waals surface area contributed by atoms with Gasteiger partial charge in [0.2, 0.25) is 0 Å². The smallest absolute Gasteiger partial charge is 0.333 e. The van der Waals surface area contributed by atoms with Crippen LogP contribution in [0.2, 0.25) is 0 Å². The number of rotatable bonds is 16. The van der Waals surface area contributed by atoms with Crippen LogP contribution < -0.4 is 0 Å². The van der Waals surface area contributed by atoms with Gasteiger partial charge in [0.15, 0.2) is 0 Å². The largest absolute Gasteiger partial charge is 0.463 e. The van der Waals surface area contributed by atoms with Crippen LogP contribution in [0.4, 0.5) is 0 Å². The van der Waals surface area contributed by atoms with Crippen LogP contribution in [0.15, 0.2) is 12.2 Å². The summed E-state index contributed by atoms with van der Waals surface area (Å²) >= 11 is 0. The maximum absolute atomic E-state index is 12.3. The fourth-order valence-corrected chi connectivity index (χ4v) is 2.66. The molecule has 0 aromatic carbocycles. The molecule has 184 valence electrons. The van der Waals surface area contributed by atoms with Gasteiger partial charge in [-0.15, -0.1) is 0 Å². The maximum atomic E-state index is 12.3. The Hall–Kier alpha value is -2.79. The van der Waals surface area contributed by atoms with Crippen LogP contribution in [0.3, 0.4) is 0 Å². The Morgan fingerprint density at radius 3 is 1.73 bits per heavy atom. The molecule has 2 unspecified atom stereocenters. The molecule has 0 bridgehead atoms. The van der Waals surface area contributed by atoms with Gasteiger partial charge in [0.1, 0.15) is 49.8 Å². The first-order valence-electron chi connectivity index (χ1n) is 10.7. The van der Waals surface area contributed by atoms with Crippen molar-refractivity contribution in [1.29, 1.82) is 0 Å². The number of hydrogen-bond acceptors (Lipinski definition) is 11. The molecule has 11 nitrogen and oxygen atoms in total. The number of ketones is 1. The van der Waals surface area contributed by atoms with E-state index >= 15 is 0 Å². The second-order valence-electron chi connectivity index (χ2n) is 8.17. The number of epoxide rings is 2. The average Bonchev–Trinajstić information content (AvgIpc) is 3.66. The lowest BCUT2D eigenvalue weighted by Crippen LogP contribution is -2.42. The number of esters is 4. The highest BCUT2D eigenvalue weighted by Gasteiger charge is 2.38. The molecular formula is C22H30O11. The lowest BCUT2D eigenvalue weighted by molar-refractivity contribution is -0.175. The van der Waals surface area contributed by atoms with E-state index in [1.54, 1.807) is 0 Å². The summed E-state index contributed by atoms with van der Waals surface area (Å²) in [5.41, 5.74) is -1.46. The molecule has 2 aliphatic heterocycles. The molecule has 33 heavy (non-hydrogen) atoms. The lowest BCUT2D eigenvalue weighted by Gasteiger charge is -2.33. The third-order valence-electron chi connectivity index (χ3n) is 4.78. The number of carbonyl (C=O) groups is 5. The van der Waals surface area contributed by atoms with Gasteiger partial charge in [-0.05, 0) is 13.8 Å². The lowest BCUT2D eigenvalue weighted by atomic mass is 9.92. The van der Waals surface area contributed by atoms with Crippen molar-refractivity contribution in [2.45, 2.75) is 63.8 Å². The summed E-state index contributed by atoms with van der Waals surface area (Å²) in [6.07, 6.45) is -1.23. The van der Waals surface area contributed by atoms with E-state index in [0.29, 0.717) is 13.2 Å². The minimum absolute atomic E-state index is 0.0800. The molecule has 0 spiro atoms. The van der Waals surface area contributed by atoms with Crippen LogP contribution in [-0.2, 0) is 52.4 Å². The van der Waals surface area contributed by atoms with Gasteiger partial charge in [0.25, 0.3) is 0 Å². The highest BCUT2D eigenvalue weighted by molar-refractivity contribution is 5.94. The molecule has 2 saturated heterocycles. The van der Waals surface area contributed by atoms with E-state index in [-0.39, 0.29) is 56.7 Å². The Kier molecular flexibility index (Phi) is 9.98. The maximum Gasteiger partial charge on any atom is 0.333 e. The Morgan fingerprint density at radius 2 is 1.33 bits per heavy atom. The van der Waals surface area contributed by atoms with Crippen LogP contribution in [0.1, 0.15) is 46.0 Å². The molecule has 11 heteroatoms. The first-order valence-corrected chi connectivity index (χ1v) is 10.7. The van der Waals surface area contributed by atoms with Gasteiger partial charge < -0.3 is 28.4 Å². The van der Waals surface area contributed by atoms with Crippen molar-refractivity contribution < 1.29 is 52.4 Å². The number of Topliss-reactive ketones (excluding diaryl/α,β-unsaturated/α-hetero) is 1. The molecule has 2 atom stereocenters. The Labute approximate surface area is 191 Å². The predicted octanol–water partition coefficient (Wildman–Crippen LogP) is 0.811. The number of ether oxygens (including phenoxy) is 6. The summed E-state index contributed by atoms with van der Waals surface area (Å²) in [7, 11) is 0. The highest BCUT2D eigenvalue weighted by atomic mass is 16.6. The van der Waals surface area contributed by atoms with Gasteiger partial charge in [-0.25, -0.2) is 4.79 Å². The molecular weight excluding hydrogens is 440 g/mol. The first kappa shape index (κ1) is 26.5. The zero-order valence-corrected chi connectivity index (χ0v) is 18.9. The van der Waals surface area contributed by atoms with Gasteiger partial charge in [-0.1, -0.05) is 6.58 Å². The van der Waals surface area contributed by atoms with Crippen molar-refractivity contribution in [3.8, 4) is 0 Å². The molecule has 0 radical (unpaired) electrons. The Balaban J connectivity index is 2.06. The minimum atomic E-state index is -1.54. The van der Waals surface area contributed by atoms with Gasteiger partial charge in [-0.2, -0.15) is 0 Å². The molecule has 0 saturated carbocycles. The predicted molar refractivity (Wildman–Crippen MR) is 110 cm³/mol. The van der Waals surface area contributed by atoms with Crippen LogP contribution >= 0.6 is 0 Å². The standard InChI is InChI=1S/C22H30O11/c1-14(2)21(27)33-22(13-32-20(26)8-15(3)23,6-4-18(24)30-11-16-9-28-16)7-5-19(25)31-12-17-10-29-17/h16-17H,1,4-13H2,2-3H3. The van der Waals surface area contributed by atoms with Crippen LogP contribution in [0.25, 0.3) is 0 Å². The zero-order valence-electron chi connectivity index (χ0n) is 18.9. The fraction of sp³-hybridized carbons (Fsp3) is 0.682. The third-order valence-corrected chi connectivity index (χ3v) is 4.78. The molecule has 2 aliphatic rings. The van der Waals surface area contributed by atoms with Crippen LogP contribution in [0.5, 0.6) is 0 Å². The van der Waals surface area contributed by atoms with E-state index in [2.05, 4.69) is 6.58 Å². The summed E-state index contributed by atoms with van der Waals surface area (Å²) in [5.74, 6) is -3.13. The van der Waals surface area contributed by atoms with Crippen LogP contribution in [-0.4, -0.2) is 80.5 Å². The van der Waals surface area contributed by atoms with Gasteiger partial charge in [0.05, 0.1) is 13.2 Å². The van der Waals surface area contributed by atoms with E-state index in [9.17, 15) is 24.0 Å².